The van der Waals surface area contributed by atoms with Crippen LogP contribution in [0.15, 0.2) is 33.9 Å². The number of aromatic nitrogens is 2. The van der Waals surface area contributed by atoms with Crippen molar-refractivity contribution in [1.82, 2.24) is 9.10 Å². The SMILES string of the molecule is COn1sc2[nH]c3ccccc3c(=O)c2c1=O. The molecule has 6 heteroatoms. The van der Waals surface area contributed by atoms with Gasteiger partial charge < -0.3 is 9.82 Å². The molecule has 1 N–H and O–H groups in total. The Morgan fingerprint density at radius 3 is 2.82 bits per heavy atom. The lowest BCUT2D eigenvalue weighted by atomic mass is 10.2. The van der Waals surface area contributed by atoms with Crippen LogP contribution in [0, 0.1) is 0 Å². The number of fused-ring (bicyclic) bond motifs is 2. The summed E-state index contributed by atoms with van der Waals surface area (Å²) in [6.45, 7) is 0. The van der Waals surface area contributed by atoms with Crippen molar-refractivity contribution in [2.45, 2.75) is 0 Å². The van der Waals surface area contributed by atoms with Crippen LogP contribution in [0.5, 0.6) is 0 Å². The topological polar surface area (TPSA) is 64.1 Å². The van der Waals surface area contributed by atoms with Crippen LogP contribution in [0.4, 0.5) is 0 Å². The van der Waals surface area contributed by atoms with Crippen molar-refractivity contribution in [2.24, 2.45) is 0 Å². The highest BCUT2D eigenvalue weighted by Crippen LogP contribution is 2.15. The zero-order valence-electron chi connectivity index (χ0n) is 8.89. The molecule has 0 aliphatic heterocycles. The van der Waals surface area contributed by atoms with Gasteiger partial charge in [-0.2, -0.15) is 0 Å². The number of aromatic amines is 1. The Hall–Kier alpha value is -2.08. The van der Waals surface area contributed by atoms with Crippen molar-refractivity contribution in [1.29, 1.82) is 0 Å². The monoisotopic (exact) mass is 248 g/mol. The standard InChI is InChI=1S/C11H8N2O3S/c1-16-13-11(15)8-9(14)6-4-2-3-5-7(6)12-10(8)17-13/h2-5H,1H3,(H,12,14). The van der Waals surface area contributed by atoms with Crippen LogP contribution >= 0.6 is 11.5 Å². The second-order valence-corrected chi connectivity index (χ2v) is 4.46. The third-order valence-corrected chi connectivity index (χ3v) is 3.56. The highest BCUT2D eigenvalue weighted by molar-refractivity contribution is 7.13. The average molecular weight is 248 g/mol. The summed E-state index contributed by atoms with van der Waals surface area (Å²) in [5.74, 6) is 0. The van der Waals surface area contributed by atoms with Gasteiger partial charge >= 0.3 is 5.56 Å². The minimum Gasteiger partial charge on any atom is -0.404 e. The number of rotatable bonds is 1. The van der Waals surface area contributed by atoms with Gasteiger partial charge in [-0.3, -0.25) is 9.59 Å². The first-order chi connectivity index (χ1) is 8.22. The second-order valence-electron chi connectivity index (χ2n) is 3.54. The molecule has 86 valence electrons. The molecule has 2 heterocycles. The number of hydrogen-bond acceptors (Lipinski definition) is 4. The fourth-order valence-electron chi connectivity index (χ4n) is 1.81. The quantitative estimate of drug-likeness (QED) is 0.697. The molecule has 3 aromatic rings. The van der Waals surface area contributed by atoms with Gasteiger partial charge in [0, 0.05) is 16.9 Å². The minimum atomic E-state index is -0.417. The van der Waals surface area contributed by atoms with Crippen molar-refractivity contribution < 1.29 is 4.84 Å². The van der Waals surface area contributed by atoms with Crippen molar-refractivity contribution >= 4 is 32.7 Å². The maximum atomic E-state index is 12.2. The third kappa shape index (κ3) is 1.31. The number of hydrogen-bond donors (Lipinski definition) is 1. The van der Waals surface area contributed by atoms with Crippen molar-refractivity contribution in [3.8, 4) is 0 Å². The molecule has 0 aliphatic rings. The van der Waals surface area contributed by atoms with Crippen molar-refractivity contribution in [3.63, 3.8) is 0 Å². The highest BCUT2D eigenvalue weighted by atomic mass is 32.1. The Balaban J connectivity index is 2.63. The van der Waals surface area contributed by atoms with Crippen LogP contribution in [-0.2, 0) is 0 Å². The van der Waals surface area contributed by atoms with Crippen molar-refractivity contribution in [2.75, 3.05) is 7.11 Å². The number of H-pyrrole nitrogens is 1. The van der Waals surface area contributed by atoms with Gasteiger partial charge in [0.25, 0.3) is 0 Å². The van der Waals surface area contributed by atoms with E-state index in [2.05, 4.69) is 4.98 Å². The van der Waals surface area contributed by atoms with Gasteiger partial charge in [-0.05, 0) is 12.1 Å². The fraction of sp³-hybridized carbons (Fsp3) is 0.0909. The smallest absolute Gasteiger partial charge is 0.308 e. The zero-order valence-corrected chi connectivity index (χ0v) is 9.71. The first kappa shape index (κ1) is 10.1. The summed E-state index contributed by atoms with van der Waals surface area (Å²) in [7, 11) is 1.39. The fourth-order valence-corrected chi connectivity index (χ4v) is 2.65. The maximum absolute atomic E-state index is 12.2. The molecule has 1 aromatic carbocycles. The molecule has 0 fully saturated rings. The molecule has 0 spiro atoms. The van der Waals surface area contributed by atoms with E-state index in [9.17, 15) is 9.59 Å². The number of nitrogens with zero attached hydrogens (tertiary/aromatic N) is 1. The maximum Gasteiger partial charge on any atom is 0.308 e. The van der Waals surface area contributed by atoms with E-state index in [-0.39, 0.29) is 10.8 Å². The van der Waals surface area contributed by atoms with E-state index >= 15 is 0 Å². The molecule has 17 heavy (non-hydrogen) atoms. The van der Waals surface area contributed by atoms with Gasteiger partial charge in [0.15, 0.2) is 0 Å². The van der Waals surface area contributed by atoms with Gasteiger partial charge in [-0.1, -0.05) is 16.3 Å². The van der Waals surface area contributed by atoms with E-state index in [1.165, 1.54) is 7.11 Å². The van der Waals surface area contributed by atoms with Crippen LogP contribution < -0.4 is 15.8 Å². The summed E-state index contributed by atoms with van der Waals surface area (Å²) >= 11 is 1.08. The second kappa shape index (κ2) is 3.46. The molecule has 2 aromatic heterocycles. The highest BCUT2D eigenvalue weighted by Gasteiger charge is 2.14. The molecule has 0 radical (unpaired) electrons. The van der Waals surface area contributed by atoms with E-state index in [0.717, 1.165) is 21.2 Å². The lowest BCUT2D eigenvalue weighted by molar-refractivity contribution is 0.188. The summed E-state index contributed by atoms with van der Waals surface area (Å²) in [5.41, 5.74) is 0.0420. The van der Waals surface area contributed by atoms with Crippen LogP contribution in [0.1, 0.15) is 0 Å². The molecule has 0 bridgehead atoms. The molecular weight excluding hydrogens is 240 g/mol. The molecule has 0 saturated carbocycles. The number of pyridine rings is 1. The van der Waals surface area contributed by atoms with Crippen molar-refractivity contribution in [3.05, 3.63) is 44.8 Å². The first-order valence-corrected chi connectivity index (χ1v) is 5.71. The van der Waals surface area contributed by atoms with E-state index in [1.807, 2.05) is 6.07 Å². The molecule has 0 amide bonds. The summed E-state index contributed by atoms with van der Waals surface area (Å²) in [4.78, 5) is 32.5. The Kier molecular flexibility index (Phi) is 2.05. The van der Waals surface area contributed by atoms with E-state index in [4.69, 9.17) is 4.84 Å². The van der Waals surface area contributed by atoms with Gasteiger partial charge in [0.05, 0.1) is 5.52 Å². The van der Waals surface area contributed by atoms with Crippen LogP contribution in [0.2, 0.25) is 0 Å². The molecule has 3 rings (SSSR count). The number of para-hydroxylation sites is 1. The molecule has 0 unspecified atom stereocenters. The van der Waals surface area contributed by atoms with Gasteiger partial charge in [-0.15, -0.1) is 0 Å². The predicted molar refractivity (Wildman–Crippen MR) is 66.7 cm³/mol. The molecule has 5 nitrogen and oxygen atoms in total. The third-order valence-electron chi connectivity index (χ3n) is 2.59. The molecule has 0 saturated heterocycles. The summed E-state index contributed by atoms with van der Waals surface area (Å²) in [5, 5.41) is 0.661. The Bertz CT molecular complexity index is 828. The predicted octanol–water partition coefficient (Wildman–Crippen LogP) is 0.963. The van der Waals surface area contributed by atoms with E-state index in [1.54, 1.807) is 18.2 Å². The Labute approximate surface area is 99.0 Å². The van der Waals surface area contributed by atoms with Crippen LogP contribution in [0.3, 0.4) is 0 Å². The summed E-state index contributed by atoms with van der Waals surface area (Å²) < 4.78 is 1.08. The average Bonchev–Trinajstić information content (AvgIpc) is 2.66. The van der Waals surface area contributed by atoms with Crippen LogP contribution in [-0.4, -0.2) is 16.2 Å². The number of nitrogens with one attached hydrogen (secondary N) is 1. The molecule has 0 atom stereocenters. The lowest BCUT2D eigenvalue weighted by Gasteiger charge is -1.95. The van der Waals surface area contributed by atoms with E-state index in [0.29, 0.717) is 10.2 Å². The van der Waals surface area contributed by atoms with Gasteiger partial charge in [-0.25, -0.2) is 0 Å². The summed E-state index contributed by atoms with van der Waals surface area (Å²) in [6.07, 6.45) is 0. The molecule has 0 aliphatic carbocycles. The van der Waals surface area contributed by atoms with Crippen LogP contribution in [0.25, 0.3) is 21.1 Å². The summed E-state index contributed by atoms with van der Waals surface area (Å²) in [6, 6.07) is 7.10. The van der Waals surface area contributed by atoms with Gasteiger partial charge in [0.2, 0.25) is 5.43 Å². The Morgan fingerprint density at radius 1 is 1.29 bits per heavy atom. The van der Waals surface area contributed by atoms with Gasteiger partial charge in [0.1, 0.15) is 17.3 Å². The lowest BCUT2D eigenvalue weighted by Crippen LogP contribution is -2.21. The first-order valence-electron chi connectivity index (χ1n) is 4.94. The number of benzene rings is 1. The molecular formula is C11H8N2O3S. The Morgan fingerprint density at radius 2 is 2.06 bits per heavy atom. The zero-order chi connectivity index (χ0) is 12.0. The minimum absolute atomic E-state index is 0.149. The largest absolute Gasteiger partial charge is 0.404 e. The van der Waals surface area contributed by atoms with E-state index < -0.39 is 5.56 Å². The normalized spacial score (nSPS) is 11.1.